The van der Waals surface area contributed by atoms with Gasteiger partial charge in [0.2, 0.25) is 5.91 Å². The summed E-state index contributed by atoms with van der Waals surface area (Å²) in [4.78, 5) is 14.3. The fourth-order valence-electron chi connectivity index (χ4n) is 2.38. The number of furan rings is 1. The molecule has 0 bridgehead atoms. The van der Waals surface area contributed by atoms with Crippen molar-refractivity contribution in [2.75, 3.05) is 17.2 Å². The minimum Gasteiger partial charge on any atom is -0.461 e. The average Bonchev–Trinajstić information content (AvgIpc) is 3.24. The molecule has 24 heavy (non-hydrogen) atoms. The third-order valence-electron chi connectivity index (χ3n) is 3.59. The van der Waals surface area contributed by atoms with Gasteiger partial charge >= 0.3 is 0 Å². The number of carbonyl (C=O) groups excluding carboxylic acids is 1. The van der Waals surface area contributed by atoms with Crippen LogP contribution in [0.25, 0.3) is 11.6 Å². The van der Waals surface area contributed by atoms with Crippen LogP contribution in [-0.2, 0) is 11.8 Å². The van der Waals surface area contributed by atoms with Gasteiger partial charge < -0.3 is 13.9 Å². The number of nitrogens with zero attached hydrogens (tertiary/aromatic N) is 4. The van der Waals surface area contributed by atoms with Crippen molar-refractivity contribution < 1.29 is 9.21 Å². The summed E-state index contributed by atoms with van der Waals surface area (Å²) in [5, 5.41) is 8.96. The summed E-state index contributed by atoms with van der Waals surface area (Å²) >= 11 is 1.37. The van der Waals surface area contributed by atoms with E-state index in [-0.39, 0.29) is 5.91 Å². The second-order valence-electron chi connectivity index (χ2n) is 5.10. The van der Waals surface area contributed by atoms with Crippen molar-refractivity contribution in [2.45, 2.75) is 12.1 Å². The van der Waals surface area contributed by atoms with Crippen LogP contribution < -0.4 is 4.90 Å². The Bertz CT molecular complexity index is 799. The normalized spacial score (nSPS) is 10.8. The molecule has 3 aromatic rings. The van der Waals surface area contributed by atoms with Gasteiger partial charge in [-0.3, -0.25) is 4.79 Å². The van der Waals surface area contributed by atoms with Crippen LogP contribution in [0.2, 0.25) is 0 Å². The van der Waals surface area contributed by atoms with Crippen LogP contribution in [0.4, 0.5) is 5.69 Å². The molecular formula is C17H18N4O2S. The highest BCUT2D eigenvalue weighted by Crippen LogP contribution is 2.23. The second kappa shape index (κ2) is 7.35. The van der Waals surface area contributed by atoms with Crippen molar-refractivity contribution >= 4 is 23.4 Å². The van der Waals surface area contributed by atoms with Crippen LogP contribution in [0.15, 0.2) is 58.3 Å². The van der Waals surface area contributed by atoms with Crippen molar-refractivity contribution in [2.24, 2.45) is 7.05 Å². The Morgan fingerprint density at radius 3 is 2.67 bits per heavy atom. The molecule has 0 aliphatic carbocycles. The summed E-state index contributed by atoms with van der Waals surface area (Å²) in [7, 11) is 1.86. The summed E-state index contributed by atoms with van der Waals surface area (Å²) in [5.74, 6) is 1.64. The monoisotopic (exact) mass is 342 g/mol. The highest BCUT2D eigenvalue weighted by molar-refractivity contribution is 7.99. The number of aromatic nitrogens is 3. The quantitative estimate of drug-likeness (QED) is 0.644. The molecule has 0 aliphatic heterocycles. The molecule has 0 spiro atoms. The number of carbonyl (C=O) groups is 1. The molecule has 0 radical (unpaired) electrons. The molecule has 0 saturated heterocycles. The smallest absolute Gasteiger partial charge is 0.237 e. The molecular weight excluding hydrogens is 324 g/mol. The molecule has 2 heterocycles. The summed E-state index contributed by atoms with van der Waals surface area (Å²) in [5.41, 5.74) is 0.903. The van der Waals surface area contributed by atoms with Gasteiger partial charge in [-0.25, -0.2) is 0 Å². The van der Waals surface area contributed by atoms with Gasteiger partial charge in [0.25, 0.3) is 0 Å². The third-order valence-corrected chi connectivity index (χ3v) is 4.59. The van der Waals surface area contributed by atoms with Crippen LogP contribution in [0.3, 0.4) is 0 Å². The fourth-order valence-corrected chi connectivity index (χ4v) is 3.16. The molecule has 1 amide bonds. The number of para-hydroxylation sites is 1. The molecule has 0 fully saturated rings. The molecule has 3 rings (SSSR count). The van der Waals surface area contributed by atoms with E-state index in [0.717, 1.165) is 5.69 Å². The zero-order chi connectivity index (χ0) is 16.9. The van der Waals surface area contributed by atoms with E-state index in [2.05, 4.69) is 10.2 Å². The molecule has 0 atom stereocenters. The zero-order valence-electron chi connectivity index (χ0n) is 13.5. The first-order valence-corrected chi connectivity index (χ1v) is 8.60. The lowest BCUT2D eigenvalue weighted by molar-refractivity contribution is -0.116. The standard InChI is InChI=1S/C17H18N4O2S/c1-3-21(13-8-5-4-6-9-13)15(22)12-24-17-19-18-16(20(17)2)14-10-7-11-23-14/h4-11H,3,12H2,1-2H3. The molecule has 0 aliphatic rings. The SMILES string of the molecule is CCN(C(=O)CSc1nnc(-c2ccco2)n1C)c1ccccc1. The van der Waals surface area contributed by atoms with E-state index in [4.69, 9.17) is 4.42 Å². The summed E-state index contributed by atoms with van der Waals surface area (Å²) in [6.45, 7) is 2.59. The lowest BCUT2D eigenvalue weighted by Gasteiger charge is -2.20. The Labute approximate surface area is 144 Å². The Morgan fingerprint density at radius 2 is 2.00 bits per heavy atom. The molecule has 124 valence electrons. The maximum Gasteiger partial charge on any atom is 0.237 e. The molecule has 1 aromatic carbocycles. The number of hydrogen-bond acceptors (Lipinski definition) is 5. The van der Waals surface area contributed by atoms with Gasteiger partial charge in [-0.2, -0.15) is 0 Å². The molecule has 0 saturated carbocycles. The fraction of sp³-hybridized carbons (Fsp3) is 0.235. The number of benzene rings is 1. The summed E-state index contributed by atoms with van der Waals surface area (Å²) < 4.78 is 7.17. The third kappa shape index (κ3) is 3.35. The molecule has 0 unspecified atom stereocenters. The highest BCUT2D eigenvalue weighted by Gasteiger charge is 2.17. The summed E-state index contributed by atoms with van der Waals surface area (Å²) in [6, 6.07) is 13.3. The molecule has 7 heteroatoms. The van der Waals surface area contributed by atoms with Gasteiger partial charge in [-0.15, -0.1) is 10.2 Å². The Hall–Kier alpha value is -2.54. The molecule has 2 aromatic heterocycles. The number of rotatable bonds is 6. The van der Waals surface area contributed by atoms with Crippen molar-refractivity contribution in [3.8, 4) is 11.6 Å². The predicted octanol–water partition coefficient (Wildman–Crippen LogP) is 3.22. The first-order valence-electron chi connectivity index (χ1n) is 7.62. The highest BCUT2D eigenvalue weighted by atomic mass is 32.2. The number of anilines is 1. The van der Waals surface area contributed by atoms with E-state index in [1.807, 2.05) is 54.9 Å². The van der Waals surface area contributed by atoms with Crippen LogP contribution in [0.5, 0.6) is 0 Å². The number of hydrogen-bond donors (Lipinski definition) is 0. The van der Waals surface area contributed by atoms with Crippen LogP contribution in [-0.4, -0.2) is 33.0 Å². The van der Waals surface area contributed by atoms with E-state index in [1.165, 1.54) is 11.8 Å². The van der Waals surface area contributed by atoms with E-state index in [1.54, 1.807) is 17.2 Å². The van der Waals surface area contributed by atoms with E-state index < -0.39 is 0 Å². The molecule has 6 nitrogen and oxygen atoms in total. The summed E-state index contributed by atoms with van der Waals surface area (Å²) in [6.07, 6.45) is 1.60. The van der Waals surface area contributed by atoms with Crippen LogP contribution >= 0.6 is 11.8 Å². The lowest BCUT2D eigenvalue weighted by atomic mass is 10.3. The minimum atomic E-state index is 0.0382. The van der Waals surface area contributed by atoms with Crippen molar-refractivity contribution in [1.82, 2.24) is 14.8 Å². The van der Waals surface area contributed by atoms with Crippen molar-refractivity contribution in [1.29, 1.82) is 0 Å². The van der Waals surface area contributed by atoms with Gasteiger partial charge in [0.05, 0.1) is 12.0 Å². The van der Waals surface area contributed by atoms with Gasteiger partial charge in [-0.05, 0) is 31.2 Å². The minimum absolute atomic E-state index is 0.0382. The van der Waals surface area contributed by atoms with Gasteiger partial charge in [0.1, 0.15) is 0 Å². The maximum absolute atomic E-state index is 12.5. The van der Waals surface area contributed by atoms with Gasteiger partial charge in [0, 0.05) is 19.3 Å². The maximum atomic E-state index is 12.5. The van der Waals surface area contributed by atoms with E-state index in [9.17, 15) is 4.79 Å². The Balaban J connectivity index is 1.68. The number of thioether (sulfide) groups is 1. The van der Waals surface area contributed by atoms with Crippen LogP contribution in [0.1, 0.15) is 6.92 Å². The average molecular weight is 342 g/mol. The van der Waals surface area contributed by atoms with E-state index >= 15 is 0 Å². The first-order chi connectivity index (χ1) is 11.7. The van der Waals surface area contributed by atoms with Gasteiger partial charge in [0.15, 0.2) is 16.7 Å². The van der Waals surface area contributed by atoms with Crippen molar-refractivity contribution in [3.05, 3.63) is 48.7 Å². The number of amides is 1. The van der Waals surface area contributed by atoms with Crippen molar-refractivity contribution in [3.63, 3.8) is 0 Å². The second-order valence-corrected chi connectivity index (χ2v) is 6.05. The van der Waals surface area contributed by atoms with E-state index in [0.29, 0.717) is 29.0 Å². The largest absolute Gasteiger partial charge is 0.461 e. The van der Waals surface area contributed by atoms with Gasteiger partial charge in [-0.1, -0.05) is 30.0 Å². The zero-order valence-corrected chi connectivity index (χ0v) is 14.4. The predicted molar refractivity (Wildman–Crippen MR) is 93.9 cm³/mol. The molecule has 0 N–H and O–H groups in total. The van der Waals surface area contributed by atoms with Crippen LogP contribution in [0, 0.1) is 0 Å². The topological polar surface area (TPSA) is 64.2 Å². The first kappa shape index (κ1) is 16.3. The Kier molecular flexibility index (Phi) is 5.00. The Morgan fingerprint density at radius 1 is 1.21 bits per heavy atom. The lowest BCUT2D eigenvalue weighted by Crippen LogP contribution is -2.32.